The van der Waals surface area contributed by atoms with Crippen molar-refractivity contribution >= 4 is 5.91 Å². The minimum absolute atomic E-state index is 0.329. The van der Waals surface area contributed by atoms with Crippen molar-refractivity contribution in [1.29, 1.82) is 0 Å². The number of hydrogen-bond acceptors (Lipinski definition) is 1. The van der Waals surface area contributed by atoms with Gasteiger partial charge in [0, 0.05) is 19.5 Å². The van der Waals surface area contributed by atoms with E-state index in [1.165, 1.54) is 0 Å². The van der Waals surface area contributed by atoms with Crippen LogP contribution in [-0.4, -0.2) is 24.4 Å². The maximum absolute atomic E-state index is 11.1. The largest absolute Gasteiger partial charge is 0.345 e. The van der Waals surface area contributed by atoms with E-state index in [4.69, 9.17) is 0 Å². The first-order valence-corrected chi connectivity index (χ1v) is 5.50. The molecule has 0 saturated carbocycles. The van der Waals surface area contributed by atoms with Crippen molar-refractivity contribution in [2.45, 2.75) is 47.5 Å². The summed E-state index contributed by atoms with van der Waals surface area (Å²) in [5.41, 5.74) is 0. The van der Waals surface area contributed by atoms with Gasteiger partial charge in [-0.05, 0) is 12.8 Å². The molecule has 1 saturated heterocycles. The van der Waals surface area contributed by atoms with Crippen LogP contribution in [0.5, 0.6) is 0 Å². The fourth-order valence-corrected chi connectivity index (χ4v) is 1.27. The molecule has 1 aliphatic rings. The highest BCUT2D eigenvalue weighted by Crippen LogP contribution is 2.18. The van der Waals surface area contributed by atoms with Gasteiger partial charge >= 0.3 is 0 Å². The van der Waals surface area contributed by atoms with Gasteiger partial charge < -0.3 is 4.90 Å². The minimum atomic E-state index is 0.329. The van der Waals surface area contributed by atoms with Crippen molar-refractivity contribution < 1.29 is 4.79 Å². The molecule has 13 heavy (non-hydrogen) atoms. The smallest absolute Gasteiger partial charge is 0.225 e. The van der Waals surface area contributed by atoms with Crippen LogP contribution < -0.4 is 0 Å². The lowest BCUT2D eigenvalue weighted by Gasteiger charge is -2.07. The number of hydrogen-bond donors (Lipinski definition) is 0. The number of rotatable bonds is 1. The van der Waals surface area contributed by atoms with Crippen LogP contribution in [-0.2, 0) is 4.79 Å². The van der Waals surface area contributed by atoms with Crippen LogP contribution in [0.1, 0.15) is 47.5 Å². The Morgan fingerprint density at radius 2 is 1.77 bits per heavy atom. The first kappa shape index (κ1) is 15.0. The average Bonchev–Trinajstić information content (AvgIpc) is 2.54. The van der Waals surface area contributed by atoms with Crippen LogP contribution in [0.2, 0.25) is 0 Å². The molecule has 1 unspecified atom stereocenters. The second-order valence-electron chi connectivity index (χ2n) is 2.65. The van der Waals surface area contributed by atoms with E-state index in [-0.39, 0.29) is 0 Å². The fraction of sp³-hybridized carbons (Fsp3) is 0.909. The summed E-state index contributed by atoms with van der Waals surface area (Å²) in [5, 5.41) is 0. The molecule has 2 nitrogen and oxygen atoms in total. The van der Waals surface area contributed by atoms with Gasteiger partial charge in [0.1, 0.15) is 0 Å². The highest BCUT2D eigenvalue weighted by molar-refractivity contribution is 5.80. The summed E-state index contributed by atoms with van der Waals surface area (Å²) >= 11 is 0. The second-order valence-corrected chi connectivity index (χ2v) is 2.65. The van der Waals surface area contributed by atoms with Gasteiger partial charge in [-0.15, -0.1) is 0 Å². The third-order valence-electron chi connectivity index (χ3n) is 2.03. The van der Waals surface area contributed by atoms with Crippen LogP contribution >= 0.6 is 0 Å². The van der Waals surface area contributed by atoms with E-state index in [0.29, 0.717) is 11.8 Å². The Labute approximate surface area is 83.3 Å². The van der Waals surface area contributed by atoms with Gasteiger partial charge in [-0.2, -0.15) is 0 Å². The first-order chi connectivity index (χ1) is 6.25. The molecule has 1 fully saturated rings. The van der Waals surface area contributed by atoms with E-state index in [1.54, 1.807) is 0 Å². The van der Waals surface area contributed by atoms with Crippen LogP contribution in [0, 0.1) is 5.92 Å². The molecule has 0 aliphatic carbocycles. The molecule has 1 aliphatic heterocycles. The van der Waals surface area contributed by atoms with Gasteiger partial charge in [0.25, 0.3) is 0 Å². The highest BCUT2D eigenvalue weighted by Gasteiger charge is 2.26. The maximum Gasteiger partial charge on any atom is 0.225 e. The number of likely N-dealkylation sites (tertiary alicyclic amines) is 1. The Kier molecular flexibility index (Phi) is 11.0. The molecular formula is C11H25NO. The quantitative estimate of drug-likeness (QED) is 0.618. The summed E-state index contributed by atoms with van der Waals surface area (Å²) in [6.45, 7) is 11.0. The zero-order valence-electron chi connectivity index (χ0n) is 10.1. The van der Waals surface area contributed by atoms with Crippen molar-refractivity contribution in [3.63, 3.8) is 0 Å². The average molecular weight is 187 g/mol. The number of nitrogens with zero attached hydrogens (tertiary/aromatic N) is 1. The van der Waals surface area contributed by atoms with E-state index in [1.807, 2.05) is 39.6 Å². The number of carbonyl (C=O) groups excluding carboxylic acids is 1. The zero-order chi connectivity index (χ0) is 10.9. The van der Waals surface area contributed by atoms with Crippen molar-refractivity contribution in [1.82, 2.24) is 4.90 Å². The van der Waals surface area contributed by atoms with E-state index in [0.717, 1.165) is 19.4 Å². The van der Waals surface area contributed by atoms with E-state index >= 15 is 0 Å². The van der Waals surface area contributed by atoms with Gasteiger partial charge in [0.2, 0.25) is 5.91 Å². The molecule has 0 aromatic heterocycles. The Bertz CT molecular complexity index is 123. The molecule has 0 aromatic carbocycles. The van der Waals surface area contributed by atoms with Gasteiger partial charge in [-0.25, -0.2) is 0 Å². The lowest BCUT2D eigenvalue weighted by molar-refractivity contribution is -0.129. The summed E-state index contributed by atoms with van der Waals surface area (Å²) in [7, 11) is 1.87. The Balaban J connectivity index is 0. The molecule has 2 heteroatoms. The molecule has 1 amide bonds. The van der Waals surface area contributed by atoms with Gasteiger partial charge in [0.15, 0.2) is 0 Å². The van der Waals surface area contributed by atoms with E-state index < -0.39 is 0 Å². The lowest BCUT2D eigenvalue weighted by atomic mass is 10.1. The summed E-state index contributed by atoms with van der Waals surface area (Å²) in [6.07, 6.45) is 2.06. The Morgan fingerprint density at radius 3 is 1.92 bits per heavy atom. The SMILES string of the molecule is CC.CC.CCC1CCN(C)C1=O. The predicted octanol–water partition coefficient (Wildman–Crippen LogP) is 2.93. The van der Waals surface area contributed by atoms with Crippen molar-refractivity contribution in [3.8, 4) is 0 Å². The monoisotopic (exact) mass is 187 g/mol. The summed E-state index contributed by atoms with van der Waals surface area (Å²) in [6, 6.07) is 0. The minimum Gasteiger partial charge on any atom is -0.345 e. The van der Waals surface area contributed by atoms with Crippen LogP contribution in [0.4, 0.5) is 0 Å². The molecule has 0 spiro atoms. The Hall–Kier alpha value is -0.530. The highest BCUT2D eigenvalue weighted by atomic mass is 16.2. The normalized spacial score (nSPS) is 20.0. The van der Waals surface area contributed by atoms with Crippen LogP contribution in [0.15, 0.2) is 0 Å². The third-order valence-corrected chi connectivity index (χ3v) is 2.03. The summed E-state index contributed by atoms with van der Waals surface area (Å²) in [5.74, 6) is 0.660. The summed E-state index contributed by atoms with van der Waals surface area (Å²) in [4.78, 5) is 12.9. The lowest BCUT2D eigenvalue weighted by Crippen LogP contribution is -2.22. The van der Waals surface area contributed by atoms with Crippen molar-refractivity contribution in [2.24, 2.45) is 5.92 Å². The molecule has 0 N–H and O–H groups in total. The Morgan fingerprint density at radius 1 is 1.31 bits per heavy atom. The van der Waals surface area contributed by atoms with Gasteiger partial charge in [-0.1, -0.05) is 34.6 Å². The molecule has 1 heterocycles. The van der Waals surface area contributed by atoms with Gasteiger partial charge in [-0.3, -0.25) is 4.79 Å². The molecule has 1 atom stereocenters. The number of amides is 1. The molecular weight excluding hydrogens is 162 g/mol. The fourth-order valence-electron chi connectivity index (χ4n) is 1.27. The molecule has 0 aromatic rings. The molecule has 0 radical (unpaired) electrons. The standard InChI is InChI=1S/C7H13NO.2C2H6/c1-3-6-4-5-8(2)7(6)9;2*1-2/h6H,3-5H2,1-2H3;2*1-2H3. The van der Waals surface area contributed by atoms with Crippen molar-refractivity contribution in [2.75, 3.05) is 13.6 Å². The third kappa shape index (κ3) is 4.91. The van der Waals surface area contributed by atoms with E-state index in [2.05, 4.69) is 6.92 Å². The van der Waals surface area contributed by atoms with Gasteiger partial charge in [0.05, 0.1) is 0 Å². The maximum atomic E-state index is 11.1. The predicted molar refractivity (Wildman–Crippen MR) is 58.7 cm³/mol. The van der Waals surface area contributed by atoms with E-state index in [9.17, 15) is 4.79 Å². The topological polar surface area (TPSA) is 20.3 Å². The second kappa shape index (κ2) is 9.56. The molecule has 80 valence electrons. The zero-order valence-corrected chi connectivity index (χ0v) is 10.1. The van der Waals surface area contributed by atoms with Crippen LogP contribution in [0.3, 0.4) is 0 Å². The summed E-state index contributed by atoms with van der Waals surface area (Å²) < 4.78 is 0. The van der Waals surface area contributed by atoms with Crippen molar-refractivity contribution in [3.05, 3.63) is 0 Å². The van der Waals surface area contributed by atoms with Crippen LogP contribution in [0.25, 0.3) is 0 Å². The molecule has 0 bridgehead atoms. The number of carbonyl (C=O) groups is 1. The first-order valence-electron chi connectivity index (χ1n) is 5.50. The molecule has 1 rings (SSSR count).